The number of methoxy groups -OCH3 is 1. The maximum atomic E-state index is 14.0. The number of benzene rings is 1. The van der Waals surface area contributed by atoms with Crippen molar-refractivity contribution in [3.63, 3.8) is 0 Å². The number of aryl methyl sites for hydroxylation is 1. The third-order valence-corrected chi connectivity index (χ3v) is 8.90. The van der Waals surface area contributed by atoms with Gasteiger partial charge in [0.1, 0.15) is 12.4 Å². The summed E-state index contributed by atoms with van der Waals surface area (Å²) in [4.78, 5) is 30.2. The van der Waals surface area contributed by atoms with E-state index in [1.54, 1.807) is 31.2 Å². The standard InChI is InChI=1S/C31H43F2N7O3/c1-20-15-25(34)22(3)28(21(20)2)40-9-8-24-26(17-40)35-30(43-18-23-16-31(32,33)19-37(23)4)36-29(24)39-12-10-38(11-13-39)27(41)7-6-14-42-5/h6-7,15,23H,8-14,16-19,34H2,1-5H3/b7-6+/t23-/m0/s1. The van der Waals surface area contributed by atoms with Crippen molar-refractivity contribution in [1.82, 2.24) is 19.8 Å². The zero-order valence-electron chi connectivity index (χ0n) is 25.8. The maximum Gasteiger partial charge on any atom is 0.318 e. The van der Waals surface area contributed by atoms with Crippen LogP contribution >= 0.6 is 0 Å². The average molecular weight is 600 g/mol. The second-order valence-electron chi connectivity index (χ2n) is 11.9. The number of nitrogens with zero attached hydrogens (tertiary/aromatic N) is 6. The molecule has 4 heterocycles. The van der Waals surface area contributed by atoms with Gasteiger partial charge in [0.2, 0.25) is 5.91 Å². The van der Waals surface area contributed by atoms with Crippen LogP contribution in [0.1, 0.15) is 34.4 Å². The number of hydrogen-bond donors (Lipinski definition) is 1. The quantitative estimate of drug-likeness (QED) is 0.363. The molecule has 10 nitrogen and oxygen atoms in total. The number of likely N-dealkylation sites (tertiary alicyclic amines) is 1. The van der Waals surface area contributed by atoms with Crippen molar-refractivity contribution in [2.24, 2.45) is 0 Å². The van der Waals surface area contributed by atoms with Gasteiger partial charge >= 0.3 is 6.01 Å². The highest BCUT2D eigenvalue weighted by molar-refractivity contribution is 5.87. The lowest BCUT2D eigenvalue weighted by Gasteiger charge is -2.38. The van der Waals surface area contributed by atoms with Crippen LogP contribution in [0.3, 0.4) is 0 Å². The summed E-state index contributed by atoms with van der Waals surface area (Å²) in [5.41, 5.74) is 13.5. The molecule has 0 aliphatic carbocycles. The average Bonchev–Trinajstić information content (AvgIpc) is 3.25. The van der Waals surface area contributed by atoms with E-state index in [1.807, 2.05) is 17.9 Å². The largest absolute Gasteiger partial charge is 0.462 e. The summed E-state index contributed by atoms with van der Waals surface area (Å²) in [6, 6.07) is 1.79. The Kier molecular flexibility index (Phi) is 9.07. The number of carbonyl (C=O) groups excluding carboxylic acids is 1. The highest BCUT2D eigenvalue weighted by atomic mass is 19.3. The Bertz CT molecular complexity index is 1350. The molecule has 1 aromatic heterocycles. The first-order chi connectivity index (χ1) is 20.5. The van der Waals surface area contributed by atoms with Crippen molar-refractivity contribution >= 4 is 23.1 Å². The van der Waals surface area contributed by atoms with E-state index in [1.165, 1.54) is 5.56 Å². The van der Waals surface area contributed by atoms with E-state index in [-0.39, 0.29) is 31.5 Å². The fourth-order valence-electron chi connectivity index (χ4n) is 6.34. The van der Waals surface area contributed by atoms with Crippen LogP contribution in [0.25, 0.3) is 0 Å². The maximum absolute atomic E-state index is 14.0. The monoisotopic (exact) mass is 599 g/mol. The van der Waals surface area contributed by atoms with Gasteiger partial charge < -0.3 is 29.9 Å². The minimum Gasteiger partial charge on any atom is -0.462 e. The summed E-state index contributed by atoms with van der Waals surface area (Å²) in [6.07, 6.45) is 3.75. The summed E-state index contributed by atoms with van der Waals surface area (Å²) in [6.45, 7) is 10.1. The summed E-state index contributed by atoms with van der Waals surface area (Å²) < 4.78 is 39.1. The molecule has 2 saturated heterocycles. The number of anilines is 3. The normalized spacial score (nSPS) is 20.6. The van der Waals surface area contributed by atoms with Gasteiger partial charge in [0, 0.05) is 75.3 Å². The number of carbonyl (C=O) groups is 1. The van der Waals surface area contributed by atoms with Crippen LogP contribution < -0.4 is 20.3 Å². The van der Waals surface area contributed by atoms with E-state index in [2.05, 4.69) is 23.6 Å². The first-order valence-corrected chi connectivity index (χ1v) is 14.9. The molecule has 2 fully saturated rings. The predicted molar refractivity (Wildman–Crippen MR) is 163 cm³/mol. The van der Waals surface area contributed by atoms with Crippen molar-refractivity contribution in [3.05, 3.63) is 46.2 Å². The van der Waals surface area contributed by atoms with Gasteiger partial charge in [-0.25, -0.2) is 8.78 Å². The molecule has 12 heteroatoms. The van der Waals surface area contributed by atoms with Crippen molar-refractivity contribution < 1.29 is 23.0 Å². The van der Waals surface area contributed by atoms with E-state index in [9.17, 15) is 13.6 Å². The fourth-order valence-corrected chi connectivity index (χ4v) is 6.34. The minimum absolute atomic E-state index is 0.0401. The van der Waals surface area contributed by atoms with Gasteiger partial charge in [-0.1, -0.05) is 6.08 Å². The van der Waals surface area contributed by atoms with Crippen molar-refractivity contribution in [2.45, 2.75) is 52.1 Å². The van der Waals surface area contributed by atoms with Crippen molar-refractivity contribution in [2.75, 3.05) is 82.2 Å². The molecule has 0 unspecified atom stereocenters. The van der Waals surface area contributed by atoms with Crippen molar-refractivity contribution in [3.8, 4) is 6.01 Å². The topological polar surface area (TPSA) is 100 Å². The summed E-state index contributed by atoms with van der Waals surface area (Å²) in [5, 5.41) is 0. The second kappa shape index (κ2) is 12.6. The number of aromatic nitrogens is 2. The fraction of sp³-hybridized carbons (Fsp3) is 0.581. The van der Waals surface area contributed by atoms with Crippen LogP contribution in [0, 0.1) is 20.8 Å². The Morgan fingerprint density at radius 1 is 1.12 bits per heavy atom. The highest BCUT2D eigenvalue weighted by Crippen LogP contribution is 2.37. The summed E-state index contributed by atoms with van der Waals surface area (Å²) in [7, 11) is 3.28. The number of nitrogens with two attached hydrogens (primary N) is 1. The molecular weight excluding hydrogens is 556 g/mol. The number of nitrogen functional groups attached to an aromatic ring is 1. The number of amides is 1. The smallest absolute Gasteiger partial charge is 0.318 e. The number of fused-ring (bicyclic) bond motifs is 1. The van der Waals surface area contributed by atoms with Gasteiger partial charge in [-0.05, 0) is 57.0 Å². The number of rotatable bonds is 8. The number of alkyl halides is 2. The van der Waals surface area contributed by atoms with Crippen LogP contribution in [-0.4, -0.2) is 104 Å². The van der Waals surface area contributed by atoms with Crippen LogP contribution in [0.2, 0.25) is 0 Å². The van der Waals surface area contributed by atoms with E-state index >= 15 is 0 Å². The van der Waals surface area contributed by atoms with Gasteiger partial charge in [0.15, 0.2) is 0 Å². The lowest BCUT2D eigenvalue weighted by molar-refractivity contribution is -0.126. The molecule has 3 aliphatic heterocycles. The first-order valence-electron chi connectivity index (χ1n) is 14.9. The molecule has 0 saturated carbocycles. The molecule has 2 aromatic rings. The lowest BCUT2D eigenvalue weighted by atomic mass is 9.97. The molecular formula is C31H43F2N7O3. The van der Waals surface area contributed by atoms with Gasteiger partial charge in [-0.15, -0.1) is 0 Å². The third kappa shape index (κ3) is 6.70. The predicted octanol–water partition coefficient (Wildman–Crippen LogP) is 3.12. The van der Waals surface area contributed by atoms with Crippen LogP contribution in [0.5, 0.6) is 6.01 Å². The number of ether oxygens (including phenoxy) is 2. The minimum atomic E-state index is -2.73. The van der Waals surface area contributed by atoms with Crippen LogP contribution in [0.4, 0.5) is 26.0 Å². The molecule has 1 amide bonds. The number of hydrogen-bond acceptors (Lipinski definition) is 9. The van der Waals surface area contributed by atoms with E-state index in [0.717, 1.165) is 52.5 Å². The van der Waals surface area contributed by atoms with E-state index in [4.69, 9.17) is 25.2 Å². The van der Waals surface area contributed by atoms with Crippen LogP contribution in [0.15, 0.2) is 18.2 Å². The van der Waals surface area contributed by atoms with Gasteiger partial charge in [0.25, 0.3) is 5.92 Å². The van der Waals surface area contributed by atoms with Gasteiger partial charge in [0.05, 0.1) is 25.4 Å². The molecule has 0 radical (unpaired) electrons. The Balaban J connectivity index is 1.41. The Labute approximate surface area is 252 Å². The highest BCUT2D eigenvalue weighted by Gasteiger charge is 2.43. The Hall–Kier alpha value is -3.51. The molecule has 43 heavy (non-hydrogen) atoms. The number of halogens is 2. The molecule has 1 atom stereocenters. The second-order valence-corrected chi connectivity index (χ2v) is 11.9. The van der Waals surface area contributed by atoms with Crippen LogP contribution in [-0.2, 0) is 22.5 Å². The molecule has 5 rings (SSSR count). The van der Waals surface area contributed by atoms with Gasteiger partial charge in [-0.2, -0.15) is 9.97 Å². The van der Waals surface area contributed by atoms with E-state index in [0.29, 0.717) is 39.3 Å². The zero-order valence-corrected chi connectivity index (χ0v) is 25.8. The molecule has 234 valence electrons. The molecule has 2 N–H and O–H groups in total. The summed E-state index contributed by atoms with van der Waals surface area (Å²) in [5.74, 6) is -1.97. The molecule has 3 aliphatic rings. The Morgan fingerprint density at radius 3 is 2.53 bits per heavy atom. The van der Waals surface area contributed by atoms with Gasteiger partial charge in [-0.3, -0.25) is 9.69 Å². The Morgan fingerprint density at radius 2 is 1.86 bits per heavy atom. The zero-order chi connectivity index (χ0) is 30.9. The molecule has 0 spiro atoms. The number of piperazine rings is 1. The molecule has 1 aromatic carbocycles. The first kappa shape index (κ1) is 30.9. The SMILES string of the molecule is COC/C=C/C(=O)N1CCN(c2nc(OC[C@@H]3CC(F)(F)CN3C)nc3c2CCN(c2c(C)c(C)cc(N)c2C)C3)CC1. The number of likely N-dealkylation sites (N-methyl/N-ethyl adjacent to an activating group) is 1. The van der Waals surface area contributed by atoms with E-state index < -0.39 is 12.0 Å². The summed E-state index contributed by atoms with van der Waals surface area (Å²) >= 11 is 0. The third-order valence-electron chi connectivity index (χ3n) is 8.90. The van der Waals surface area contributed by atoms with Crippen molar-refractivity contribution in [1.29, 1.82) is 0 Å². The lowest BCUT2D eigenvalue weighted by Crippen LogP contribution is -2.49. The molecule has 0 bridgehead atoms.